The Bertz CT molecular complexity index is 204. The van der Waals surface area contributed by atoms with E-state index in [2.05, 4.69) is 22.8 Å². The highest BCUT2D eigenvalue weighted by molar-refractivity contribution is 7.10. The Kier molecular flexibility index (Phi) is 2.21. The minimum Gasteiger partial charge on any atom is -0.370 e. The molecule has 0 N–H and O–H groups in total. The monoisotopic (exact) mass is 168 g/mol. The molecular weight excluding hydrogens is 158 g/mol. The highest BCUT2D eigenvalue weighted by atomic mass is 32.1. The number of rotatable bonds is 1. The predicted molar refractivity (Wildman–Crippen MR) is 44.9 cm³/mol. The summed E-state index contributed by atoms with van der Waals surface area (Å²) in [4.78, 5) is 1.30. The highest BCUT2D eigenvalue weighted by Crippen LogP contribution is 2.23. The lowest BCUT2D eigenvalue weighted by molar-refractivity contribution is 0.0283. The molecule has 2 rings (SSSR count). The van der Waals surface area contributed by atoms with Crippen LogP contribution in [0.3, 0.4) is 0 Å². The van der Waals surface area contributed by atoms with Gasteiger partial charge in [-0.15, -0.1) is 11.3 Å². The van der Waals surface area contributed by atoms with E-state index in [1.165, 1.54) is 4.88 Å². The van der Waals surface area contributed by atoms with Crippen molar-refractivity contribution in [1.29, 1.82) is 0 Å². The van der Waals surface area contributed by atoms with Gasteiger partial charge < -0.3 is 4.74 Å². The van der Waals surface area contributed by atoms with Gasteiger partial charge in [-0.1, -0.05) is 6.07 Å². The molecule has 3 heteroatoms. The van der Waals surface area contributed by atoms with Crippen molar-refractivity contribution in [1.82, 2.24) is 5.32 Å². The first-order valence-corrected chi connectivity index (χ1v) is 4.63. The third kappa shape index (κ3) is 1.61. The highest BCUT2D eigenvalue weighted by Gasteiger charge is 2.16. The maximum Gasteiger partial charge on any atom is 0.106 e. The first-order valence-electron chi connectivity index (χ1n) is 3.75. The molecule has 0 aliphatic carbocycles. The van der Waals surface area contributed by atoms with E-state index in [-0.39, 0.29) is 6.10 Å². The fourth-order valence-electron chi connectivity index (χ4n) is 1.17. The summed E-state index contributed by atoms with van der Waals surface area (Å²) in [6.07, 6.45) is 0.240. The maximum absolute atomic E-state index is 5.54. The molecule has 1 aromatic rings. The second kappa shape index (κ2) is 3.34. The Morgan fingerprint density at radius 2 is 2.64 bits per heavy atom. The molecule has 0 bridgehead atoms. The molecule has 1 saturated heterocycles. The van der Waals surface area contributed by atoms with E-state index in [1.54, 1.807) is 11.3 Å². The van der Waals surface area contributed by atoms with E-state index < -0.39 is 0 Å². The first-order chi connectivity index (χ1) is 5.47. The fraction of sp³-hybridized carbons (Fsp3) is 0.500. The van der Waals surface area contributed by atoms with Crippen LogP contribution < -0.4 is 5.32 Å². The summed E-state index contributed by atoms with van der Waals surface area (Å²) < 4.78 is 5.54. The molecule has 11 heavy (non-hydrogen) atoms. The number of hydrogen-bond acceptors (Lipinski definition) is 2. The van der Waals surface area contributed by atoms with E-state index in [4.69, 9.17) is 4.74 Å². The zero-order valence-electron chi connectivity index (χ0n) is 6.19. The molecular formula is C8H10NOS. The van der Waals surface area contributed by atoms with Gasteiger partial charge in [-0.3, -0.25) is 0 Å². The molecule has 1 aromatic heterocycles. The number of thiophene rings is 1. The molecule has 1 radical (unpaired) electrons. The van der Waals surface area contributed by atoms with Crippen LogP contribution in [0.2, 0.25) is 0 Å². The molecule has 0 amide bonds. The lowest BCUT2D eigenvalue weighted by atomic mass is 10.2. The van der Waals surface area contributed by atoms with Crippen LogP contribution in [0.5, 0.6) is 0 Å². The van der Waals surface area contributed by atoms with Crippen LogP contribution >= 0.6 is 11.3 Å². The number of morpholine rings is 1. The summed E-state index contributed by atoms with van der Waals surface area (Å²) in [6, 6.07) is 4.16. The molecule has 2 nitrogen and oxygen atoms in total. The molecule has 1 aliphatic heterocycles. The van der Waals surface area contributed by atoms with Crippen molar-refractivity contribution in [2.75, 3.05) is 19.7 Å². The van der Waals surface area contributed by atoms with Gasteiger partial charge in [0.25, 0.3) is 0 Å². The van der Waals surface area contributed by atoms with Crippen molar-refractivity contribution in [2.45, 2.75) is 6.10 Å². The van der Waals surface area contributed by atoms with Crippen molar-refractivity contribution in [3.8, 4) is 0 Å². The zero-order valence-corrected chi connectivity index (χ0v) is 7.01. The predicted octanol–water partition coefficient (Wildman–Crippen LogP) is 1.42. The van der Waals surface area contributed by atoms with Crippen LogP contribution in [-0.4, -0.2) is 19.7 Å². The molecule has 2 heterocycles. The average molecular weight is 168 g/mol. The molecule has 0 aromatic carbocycles. The minimum atomic E-state index is 0.240. The Labute approximate surface area is 70.2 Å². The van der Waals surface area contributed by atoms with Crippen LogP contribution in [0.25, 0.3) is 0 Å². The van der Waals surface area contributed by atoms with Crippen molar-refractivity contribution < 1.29 is 4.74 Å². The third-order valence-corrected chi connectivity index (χ3v) is 2.69. The van der Waals surface area contributed by atoms with Crippen molar-refractivity contribution >= 4 is 11.3 Å². The summed E-state index contributed by atoms with van der Waals surface area (Å²) in [5.74, 6) is 0. The SMILES string of the molecule is c1csc(C2C[N]CCO2)c1. The third-order valence-electron chi connectivity index (χ3n) is 1.72. The van der Waals surface area contributed by atoms with E-state index in [1.807, 2.05) is 0 Å². The van der Waals surface area contributed by atoms with Crippen molar-refractivity contribution in [3.05, 3.63) is 22.4 Å². The first kappa shape index (κ1) is 7.28. The summed E-state index contributed by atoms with van der Waals surface area (Å²) >= 11 is 1.74. The molecule has 1 atom stereocenters. The lowest BCUT2D eigenvalue weighted by Gasteiger charge is -2.20. The largest absolute Gasteiger partial charge is 0.370 e. The topological polar surface area (TPSA) is 23.3 Å². The number of nitrogens with zero attached hydrogens (tertiary/aromatic N) is 1. The number of hydrogen-bond donors (Lipinski definition) is 0. The van der Waals surface area contributed by atoms with Gasteiger partial charge in [0.2, 0.25) is 0 Å². The smallest absolute Gasteiger partial charge is 0.106 e. The van der Waals surface area contributed by atoms with Gasteiger partial charge in [0.05, 0.1) is 6.61 Å². The van der Waals surface area contributed by atoms with Gasteiger partial charge in [-0.2, -0.15) is 0 Å². The Morgan fingerprint density at radius 1 is 1.64 bits per heavy atom. The van der Waals surface area contributed by atoms with Crippen molar-refractivity contribution in [3.63, 3.8) is 0 Å². The van der Waals surface area contributed by atoms with E-state index in [9.17, 15) is 0 Å². The van der Waals surface area contributed by atoms with Crippen LogP contribution in [0.15, 0.2) is 17.5 Å². The van der Waals surface area contributed by atoms with E-state index in [0.29, 0.717) is 0 Å². The van der Waals surface area contributed by atoms with Crippen LogP contribution in [-0.2, 0) is 4.74 Å². The minimum absolute atomic E-state index is 0.240. The van der Waals surface area contributed by atoms with Crippen molar-refractivity contribution in [2.24, 2.45) is 0 Å². The normalized spacial score (nSPS) is 25.3. The maximum atomic E-state index is 5.54. The summed E-state index contributed by atoms with van der Waals surface area (Å²) in [5, 5.41) is 6.37. The van der Waals surface area contributed by atoms with Gasteiger partial charge in [0.15, 0.2) is 0 Å². The molecule has 0 saturated carbocycles. The van der Waals surface area contributed by atoms with E-state index >= 15 is 0 Å². The van der Waals surface area contributed by atoms with Gasteiger partial charge in [-0.25, -0.2) is 5.32 Å². The van der Waals surface area contributed by atoms with Gasteiger partial charge >= 0.3 is 0 Å². The Balaban J connectivity index is 2.04. The molecule has 0 spiro atoms. The van der Waals surface area contributed by atoms with Crippen LogP contribution in [0.1, 0.15) is 11.0 Å². The number of ether oxygens (including phenoxy) is 1. The van der Waals surface area contributed by atoms with Gasteiger partial charge in [-0.05, 0) is 11.4 Å². The lowest BCUT2D eigenvalue weighted by Crippen LogP contribution is -2.27. The molecule has 1 fully saturated rings. The van der Waals surface area contributed by atoms with E-state index in [0.717, 1.165) is 19.7 Å². The second-order valence-corrected chi connectivity index (χ2v) is 3.48. The Morgan fingerprint density at radius 3 is 3.27 bits per heavy atom. The summed E-state index contributed by atoms with van der Waals surface area (Å²) in [6.45, 7) is 2.48. The molecule has 1 unspecified atom stereocenters. The molecule has 1 aliphatic rings. The van der Waals surface area contributed by atoms with Crippen LogP contribution in [0.4, 0.5) is 0 Å². The standard InChI is InChI=1S/C8H10NOS/c1-2-8(11-5-1)7-6-9-3-4-10-7/h1-2,5,7H,3-4,6H2. The summed E-state index contributed by atoms with van der Waals surface area (Å²) in [7, 11) is 0. The quantitative estimate of drug-likeness (QED) is 0.622. The second-order valence-electron chi connectivity index (χ2n) is 2.50. The zero-order chi connectivity index (χ0) is 7.52. The van der Waals surface area contributed by atoms with Crippen LogP contribution in [0, 0.1) is 0 Å². The summed E-state index contributed by atoms with van der Waals surface area (Å²) in [5.41, 5.74) is 0. The molecule has 59 valence electrons. The fourth-order valence-corrected chi connectivity index (χ4v) is 1.93. The average Bonchev–Trinajstić information content (AvgIpc) is 2.58. The van der Waals surface area contributed by atoms with Gasteiger partial charge in [0.1, 0.15) is 6.10 Å². The Hall–Kier alpha value is -0.380. The van der Waals surface area contributed by atoms with Gasteiger partial charge in [0, 0.05) is 18.0 Å².